The highest BCUT2D eigenvalue weighted by Crippen LogP contribution is 2.08. The van der Waals surface area contributed by atoms with Gasteiger partial charge in [-0.15, -0.1) is 0 Å². The second kappa shape index (κ2) is 6.02. The molecular weight excluding hydrogens is 192 g/mol. The van der Waals surface area contributed by atoms with Crippen molar-refractivity contribution in [2.75, 3.05) is 26.1 Å². The van der Waals surface area contributed by atoms with Crippen LogP contribution in [0.2, 0.25) is 0 Å². The van der Waals surface area contributed by atoms with Crippen molar-refractivity contribution < 1.29 is 9.47 Å². The second-order valence-corrected chi connectivity index (χ2v) is 2.97. The number of nitrogens with zero attached hydrogens (tertiary/aromatic N) is 1. The third kappa shape index (κ3) is 3.58. The Kier molecular flexibility index (Phi) is 4.61. The van der Waals surface area contributed by atoms with Crippen LogP contribution in [0.15, 0.2) is 24.3 Å². The Hall–Kier alpha value is -1.57. The number of benzene rings is 1. The van der Waals surface area contributed by atoms with Crippen LogP contribution in [0.4, 0.5) is 5.69 Å². The maximum absolute atomic E-state index is 8.61. The SMILES string of the molecule is COC(CNc1ccc(C#N)cc1)OC. The molecule has 1 rings (SSSR count). The van der Waals surface area contributed by atoms with Crippen molar-refractivity contribution in [1.29, 1.82) is 5.26 Å². The summed E-state index contributed by atoms with van der Waals surface area (Å²) in [4.78, 5) is 0. The number of rotatable bonds is 5. The lowest BCUT2D eigenvalue weighted by atomic mass is 10.2. The monoisotopic (exact) mass is 206 g/mol. The average molecular weight is 206 g/mol. The van der Waals surface area contributed by atoms with Crippen molar-refractivity contribution in [3.63, 3.8) is 0 Å². The van der Waals surface area contributed by atoms with E-state index in [1.165, 1.54) is 0 Å². The average Bonchev–Trinajstić information content (AvgIpc) is 2.31. The van der Waals surface area contributed by atoms with E-state index in [4.69, 9.17) is 14.7 Å². The topological polar surface area (TPSA) is 54.3 Å². The first-order valence-corrected chi connectivity index (χ1v) is 4.59. The smallest absolute Gasteiger partial charge is 0.173 e. The van der Waals surface area contributed by atoms with Gasteiger partial charge in [0.2, 0.25) is 0 Å². The highest BCUT2D eigenvalue weighted by atomic mass is 16.7. The Morgan fingerprint density at radius 1 is 1.27 bits per heavy atom. The number of nitriles is 1. The summed E-state index contributed by atoms with van der Waals surface area (Å²) in [5, 5.41) is 11.8. The zero-order chi connectivity index (χ0) is 11.1. The molecule has 4 heteroatoms. The van der Waals surface area contributed by atoms with Gasteiger partial charge >= 0.3 is 0 Å². The minimum Gasteiger partial charge on any atom is -0.380 e. The van der Waals surface area contributed by atoms with Crippen LogP contribution >= 0.6 is 0 Å². The van der Waals surface area contributed by atoms with Gasteiger partial charge in [-0.25, -0.2) is 0 Å². The lowest BCUT2D eigenvalue weighted by Gasteiger charge is -2.14. The van der Waals surface area contributed by atoms with Crippen LogP contribution in [0.5, 0.6) is 0 Å². The molecule has 0 unspecified atom stereocenters. The summed E-state index contributed by atoms with van der Waals surface area (Å²) >= 11 is 0. The maximum atomic E-state index is 8.61. The molecule has 0 aliphatic rings. The predicted octanol–water partition coefficient (Wildman–Crippen LogP) is 1.59. The summed E-state index contributed by atoms with van der Waals surface area (Å²) in [5.41, 5.74) is 1.59. The fourth-order valence-corrected chi connectivity index (χ4v) is 1.13. The van der Waals surface area contributed by atoms with Gasteiger partial charge in [-0.3, -0.25) is 0 Å². The summed E-state index contributed by atoms with van der Waals surface area (Å²) in [5.74, 6) is 0. The maximum Gasteiger partial charge on any atom is 0.173 e. The van der Waals surface area contributed by atoms with Gasteiger partial charge in [0.1, 0.15) is 0 Å². The Labute approximate surface area is 89.4 Å². The molecule has 15 heavy (non-hydrogen) atoms. The van der Waals surface area contributed by atoms with Crippen LogP contribution in [-0.2, 0) is 9.47 Å². The molecule has 0 heterocycles. The van der Waals surface area contributed by atoms with Crippen LogP contribution in [0.1, 0.15) is 5.56 Å². The molecular formula is C11H14N2O2. The van der Waals surface area contributed by atoms with E-state index < -0.39 is 0 Å². The molecule has 1 aromatic carbocycles. The number of nitrogens with one attached hydrogen (secondary N) is 1. The summed E-state index contributed by atoms with van der Waals surface area (Å²) in [6.45, 7) is 0.568. The number of hydrogen-bond acceptors (Lipinski definition) is 4. The zero-order valence-corrected chi connectivity index (χ0v) is 8.86. The van der Waals surface area contributed by atoms with E-state index >= 15 is 0 Å². The molecule has 1 N–H and O–H groups in total. The lowest BCUT2D eigenvalue weighted by molar-refractivity contribution is -0.0914. The Balaban J connectivity index is 2.48. The molecule has 0 atom stereocenters. The molecule has 0 radical (unpaired) electrons. The van der Waals surface area contributed by atoms with Gasteiger partial charge in [-0.2, -0.15) is 5.26 Å². The third-order valence-electron chi connectivity index (χ3n) is 2.01. The molecule has 0 saturated heterocycles. The molecule has 0 bridgehead atoms. The molecule has 0 spiro atoms. The lowest BCUT2D eigenvalue weighted by Crippen LogP contribution is -2.23. The fraction of sp³-hybridized carbons (Fsp3) is 0.364. The Morgan fingerprint density at radius 3 is 2.33 bits per heavy atom. The van der Waals surface area contributed by atoms with Crippen molar-refractivity contribution in [1.82, 2.24) is 0 Å². The molecule has 0 amide bonds. The minimum atomic E-state index is -0.263. The van der Waals surface area contributed by atoms with Crippen LogP contribution in [0.25, 0.3) is 0 Å². The van der Waals surface area contributed by atoms with E-state index in [1.807, 2.05) is 12.1 Å². The van der Waals surface area contributed by atoms with E-state index in [1.54, 1.807) is 26.4 Å². The first-order valence-electron chi connectivity index (χ1n) is 4.59. The predicted molar refractivity (Wildman–Crippen MR) is 57.5 cm³/mol. The summed E-state index contributed by atoms with van der Waals surface area (Å²) < 4.78 is 10.1. The number of hydrogen-bond donors (Lipinski definition) is 1. The molecule has 80 valence electrons. The molecule has 4 nitrogen and oxygen atoms in total. The van der Waals surface area contributed by atoms with Crippen LogP contribution in [0.3, 0.4) is 0 Å². The van der Waals surface area contributed by atoms with Gasteiger partial charge in [0.25, 0.3) is 0 Å². The van der Waals surface area contributed by atoms with Gasteiger partial charge < -0.3 is 14.8 Å². The van der Waals surface area contributed by atoms with Crippen molar-refractivity contribution in [2.45, 2.75) is 6.29 Å². The van der Waals surface area contributed by atoms with Crippen LogP contribution in [-0.4, -0.2) is 27.1 Å². The normalized spacial score (nSPS) is 10.0. The molecule has 1 aromatic rings. The van der Waals surface area contributed by atoms with Gasteiger partial charge in [-0.1, -0.05) is 0 Å². The standard InChI is InChI=1S/C11H14N2O2/c1-14-11(15-2)8-13-10-5-3-9(7-12)4-6-10/h3-6,11,13H,8H2,1-2H3. The molecule has 0 aliphatic heterocycles. The van der Waals surface area contributed by atoms with Gasteiger partial charge in [0.15, 0.2) is 6.29 Å². The van der Waals surface area contributed by atoms with Crippen molar-refractivity contribution in [3.05, 3.63) is 29.8 Å². The highest BCUT2D eigenvalue weighted by Gasteiger charge is 2.03. The molecule has 0 aromatic heterocycles. The second-order valence-electron chi connectivity index (χ2n) is 2.97. The van der Waals surface area contributed by atoms with Gasteiger partial charge in [-0.05, 0) is 24.3 Å². The molecule has 0 aliphatic carbocycles. The first-order chi connectivity index (χ1) is 7.30. The fourth-order valence-electron chi connectivity index (χ4n) is 1.13. The van der Waals surface area contributed by atoms with Crippen LogP contribution < -0.4 is 5.32 Å². The summed E-state index contributed by atoms with van der Waals surface area (Å²) in [7, 11) is 3.18. The van der Waals surface area contributed by atoms with E-state index in [2.05, 4.69) is 11.4 Å². The number of anilines is 1. The van der Waals surface area contributed by atoms with E-state index in [0.717, 1.165) is 5.69 Å². The molecule has 0 saturated carbocycles. The molecule has 0 fully saturated rings. The van der Waals surface area contributed by atoms with E-state index in [9.17, 15) is 0 Å². The summed E-state index contributed by atoms with van der Waals surface area (Å²) in [6.07, 6.45) is -0.263. The van der Waals surface area contributed by atoms with Gasteiger partial charge in [0.05, 0.1) is 18.2 Å². The quantitative estimate of drug-likeness (QED) is 0.743. The zero-order valence-electron chi connectivity index (χ0n) is 8.86. The number of methoxy groups -OCH3 is 2. The Bertz CT molecular complexity index is 325. The largest absolute Gasteiger partial charge is 0.380 e. The first kappa shape index (κ1) is 11.5. The van der Waals surface area contributed by atoms with E-state index in [0.29, 0.717) is 12.1 Å². The number of ether oxygens (including phenoxy) is 2. The van der Waals surface area contributed by atoms with Crippen LogP contribution in [0, 0.1) is 11.3 Å². The van der Waals surface area contributed by atoms with E-state index in [-0.39, 0.29) is 6.29 Å². The van der Waals surface area contributed by atoms with Crippen molar-refractivity contribution in [3.8, 4) is 6.07 Å². The Morgan fingerprint density at radius 2 is 1.87 bits per heavy atom. The van der Waals surface area contributed by atoms with Crippen molar-refractivity contribution in [2.24, 2.45) is 0 Å². The summed E-state index contributed by atoms with van der Waals surface area (Å²) in [6, 6.07) is 9.28. The minimum absolute atomic E-state index is 0.263. The van der Waals surface area contributed by atoms with Gasteiger partial charge in [0, 0.05) is 19.9 Å². The third-order valence-corrected chi connectivity index (χ3v) is 2.01. The van der Waals surface area contributed by atoms with Crippen molar-refractivity contribution >= 4 is 5.69 Å². The highest BCUT2D eigenvalue weighted by molar-refractivity contribution is 5.47.